The van der Waals surface area contributed by atoms with Crippen LogP contribution in [0.2, 0.25) is 0 Å². The van der Waals surface area contributed by atoms with E-state index >= 15 is 0 Å². The van der Waals surface area contributed by atoms with Gasteiger partial charge >= 0.3 is 0 Å². The molecule has 1 atom stereocenters. The highest BCUT2D eigenvalue weighted by Gasteiger charge is 2.32. The van der Waals surface area contributed by atoms with Crippen LogP contribution in [0.3, 0.4) is 0 Å². The molecule has 1 aromatic carbocycles. The molecule has 0 aliphatic carbocycles. The van der Waals surface area contributed by atoms with E-state index in [4.69, 9.17) is 5.26 Å². The van der Waals surface area contributed by atoms with Crippen molar-refractivity contribution in [2.45, 2.75) is 11.7 Å². The largest absolute Gasteiger partial charge is 0.369 e. The van der Waals surface area contributed by atoms with Crippen molar-refractivity contribution in [1.29, 1.82) is 5.26 Å². The van der Waals surface area contributed by atoms with Crippen LogP contribution in [0.4, 0.5) is 5.69 Å². The quantitative estimate of drug-likeness (QED) is 0.901. The fourth-order valence-corrected chi connectivity index (χ4v) is 3.73. The van der Waals surface area contributed by atoms with Gasteiger partial charge in [-0.15, -0.1) is 0 Å². The Bertz CT molecular complexity index is 624. The maximum absolute atomic E-state index is 11.8. The average molecular weight is 344 g/mol. The average Bonchev–Trinajstić information content (AvgIpc) is 2.88. The standard InChI is InChI=1S/C12H14BrN3O2S/c1-15-19(17,18)11-4-5-16(8-11)12-3-2-10(13)6-9(12)7-14/h2-3,6,11,15H,4-5,8H2,1H3. The normalized spacial score (nSPS) is 19.4. The van der Waals surface area contributed by atoms with Gasteiger partial charge in [0.05, 0.1) is 16.5 Å². The second-order valence-electron chi connectivity index (χ2n) is 4.38. The Morgan fingerprint density at radius 3 is 2.89 bits per heavy atom. The zero-order valence-corrected chi connectivity index (χ0v) is 12.8. The summed E-state index contributed by atoms with van der Waals surface area (Å²) in [6.45, 7) is 1.06. The van der Waals surface area contributed by atoms with Gasteiger partial charge in [-0.3, -0.25) is 0 Å². The van der Waals surface area contributed by atoms with Crippen LogP contribution in [-0.2, 0) is 10.0 Å². The molecule has 0 saturated carbocycles. The predicted octanol–water partition coefficient (Wildman–Crippen LogP) is 1.45. The Balaban J connectivity index is 2.25. The van der Waals surface area contributed by atoms with Crippen molar-refractivity contribution in [3.05, 3.63) is 28.2 Å². The molecule has 1 heterocycles. The molecule has 102 valence electrons. The van der Waals surface area contributed by atoms with Gasteiger partial charge in [0.2, 0.25) is 10.0 Å². The van der Waals surface area contributed by atoms with E-state index < -0.39 is 15.3 Å². The number of hydrogen-bond acceptors (Lipinski definition) is 4. The van der Waals surface area contributed by atoms with Crippen molar-refractivity contribution in [2.24, 2.45) is 0 Å². The fraction of sp³-hybridized carbons (Fsp3) is 0.417. The number of halogens is 1. The number of benzene rings is 1. The summed E-state index contributed by atoms with van der Waals surface area (Å²) < 4.78 is 26.8. The molecular formula is C12H14BrN3O2S. The minimum absolute atomic E-state index is 0.416. The van der Waals surface area contributed by atoms with Gasteiger partial charge in [0.25, 0.3) is 0 Å². The van der Waals surface area contributed by atoms with Crippen LogP contribution < -0.4 is 9.62 Å². The van der Waals surface area contributed by atoms with Crippen LogP contribution in [0.25, 0.3) is 0 Å². The van der Waals surface area contributed by atoms with Gasteiger partial charge in [-0.2, -0.15) is 5.26 Å². The van der Waals surface area contributed by atoms with E-state index in [9.17, 15) is 8.42 Å². The van der Waals surface area contributed by atoms with Crippen molar-refractivity contribution in [2.75, 3.05) is 25.0 Å². The van der Waals surface area contributed by atoms with E-state index in [1.54, 1.807) is 6.07 Å². The van der Waals surface area contributed by atoms with Crippen molar-refractivity contribution in [3.8, 4) is 6.07 Å². The van der Waals surface area contributed by atoms with E-state index in [0.717, 1.165) is 10.2 Å². The van der Waals surface area contributed by atoms with Crippen molar-refractivity contribution in [3.63, 3.8) is 0 Å². The smallest absolute Gasteiger partial charge is 0.216 e. The van der Waals surface area contributed by atoms with E-state index in [1.807, 2.05) is 17.0 Å². The molecule has 19 heavy (non-hydrogen) atoms. The monoisotopic (exact) mass is 343 g/mol. The third-order valence-corrected chi connectivity index (χ3v) is 5.61. The summed E-state index contributed by atoms with van der Waals surface area (Å²) in [6, 6.07) is 7.59. The topological polar surface area (TPSA) is 73.2 Å². The van der Waals surface area contributed by atoms with Gasteiger partial charge in [-0.1, -0.05) is 15.9 Å². The van der Waals surface area contributed by atoms with Gasteiger partial charge in [0.15, 0.2) is 0 Å². The zero-order chi connectivity index (χ0) is 14.0. The molecule has 1 aromatic rings. The minimum Gasteiger partial charge on any atom is -0.369 e. The molecule has 0 bridgehead atoms. The summed E-state index contributed by atoms with van der Waals surface area (Å²) in [6.07, 6.45) is 0.574. The molecular weight excluding hydrogens is 330 g/mol. The highest BCUT2D eigenvalue weighted by atomic mass is 79.9. The molecule has 1 aliphatic rings. The Morgan fingerprint density at radius 1 is 1.53 bits per heavy atom. The molecule has 1 unspecified atom stereocenters. The third-order valence-electron chi connectivity index (χ3n) is 3.29. The summed E-state index contributed by atoms with van der Waals surface area (Å²) in [4.78, 5) is 1.95. The van der Waals surface area contributed by atoms with Crippen molar-refractivity contribution >= 4 is 31.6 Å². The van der Waals surface area contributed by atoms with Gasteiger partial charge in [0, 0.05) is 17.6 Å². The van der Waals surface area contributed by atoms with E-state index in [0.29, 0.717) is 25.1 Å². The lowest BCUT2D eigenvalue weighted by atomic mass is 10.2. The molecule has 0 amide bonds. The molecule has 1 aliphatic heterocycles. The van der Waals surface area contributed by atoms with E-state index in [-0.39, 0.29) is 0 Å². The highest BCUT2D eigenvalue weighted by Crippen LogP contribution is 2.28. The molecule has 7 heteroatoms. The lowest BCUT2D eigenvalue weighted by Gasteiger charge is -2.20. The molecule has 1 fully saturated rings. The maximum Gasteiger partial charge on any atom is 0.216 e. The number of nitriles is 1. The van der Waals surface area contributed by atoms with Crippen LogP contribution in [0.1, 0.15) is 12.0 Å². The van der Waals surface area contributed by atoms with E-state index in [2.05, 4.69) is 26.7 Å². The number of nitrogens with one attached hydrogen (secondary N) is 1. The Labute approximate surface area is 121 Å². The van der Waals surface area contributed by atoms with Crippen molar-refractivity contribution < 1.29 is 8.42 Å². The first kappa shape index (κ1) is 14.3. The number of rotatable bonds is 3. The molecule has 2 rings (SSSR count). The van der Waals surface area contributed by atoms with Crippen LogP contribution in [-0.4, -0.2) is 33.8 Å². The van der Waals surface area contributed by atoms with Gasteiger partial charge < -0.3 is 4.90 Å². The second-order valence-corrected chi connectivity index (χ2v) is 7.46. The van der Waals surface area contributed by atoms with Gasteiger partial charge in [-0.05, 0) is 31.7 Å². The third kappa shape index (κ3) is 2.91. The predicted molar refractivity (Wildman–Crippen MR) is 77.5 cm³/mol. The first-order valence-electron chi connectivity index (χ1n) is 5.85. The fourth-order valence-electron chi connectivity index (χ4n) is 2.24. The summed E-state index contributed by atoms with van der Waals surface area (Å²) >= 11 is 3.32. The summed E-state index contributed by atoms with van der Waals surface area (Å²) in [5.41, 5.74) is 1.34. The van der Waals surface area contributed by atoms with Crippen LogP contribution in [0.15, 0.2) is 22.7 Å². The minimum atomic E-state index is -3.25. The molecule has 0 aromatic heterocycles. The SMILES string of the molecule is CNS(=O)(=O)C1CCN(c2ccc(Br)cc2C#N)C1. The van der Waals surface area contributed by atoms with Crippen molar-refractivity contribution in [1.82, 2.24) is 4.72 Å². The van der Waals surface area contributed by atoms with Gasteiger partial charge in [-0.25, -0.2) is 13.1 Å². The number of anilines is 1. The zero-order valence-electron chi connectivity index (χ0n) is 10.4. The number of hydrogen-bond donors (Lipinski definition) is 1. The summed E-state index contributed by atoms with van der Waals surface area (Å²) in [7, 11) is -1.82. The Kier molecular flexibility index (Phi) is 4.13. The number of sulfonamides is 1. The molecule has 5 nitrogen and oxygen atoms in total. The maximum atomic E-state index is 11.8. The Hall–Kier alpha value is -1.10. The highest BCUT2D eigenvalue weighted by molar-refractivity contribution is 9.10. The summed E-state index contributed by atoms with van der Waals surface area (Å²) in [5.74, 6) is 0. The van der Waals surface area contributed by atoms with Gasteiger partial charge in [0.1, 0.15) is 6.07 Å². The van der Waals surface area contributed by atoms with Crippen LogP contribution >= 0.6 is 15.9 Å². The first-order chi connectivity index (χ1) is 8.97. The number of nitrogens with zero attached hydrogens (tertiary/aromatic N) is 2. The van der Waals surface area contributed by atoms with Crippen LogP contribution in [0.5, 0.6) is 0 Å². The Morgan fingerprint density at radius 2 is 2.26 bits per heavy atom. The molecule has 1 N–H and O–H groups in total. The molecule has 0 radical (unpaired) electrons. The second kappa shape index (κ2) is 5.49. The van der Waals surface area contributed by atoms with Crippen LogP contribution in [0, 0.1) is 11.3 Å². The lowest BCUT2D eigenvalue weighted by molar-refractivity contribution is 0.575. The summed E-state index contributed by atoms with van der Waals surface area (Å²) in [5, 5.41) is 8.72. The first-order valence-corrected chi connectivity index (χ1v) is 8.19. The molecule has 1 saturated heterocycles. The molecule has 0 spiro atoms. The lowest BCUT2D eigenvalue weighted by Crippen LogP contribution is -2.34. The van der Waals surface area contributed by atoms with E-state index in [1.165, 1.54) is 7.05 Å².